The Hall–Kier alpha value is -0.340. The van der Waals surface area contributed by atoms with Gasteiger partial charge in [0.25, 0.3) is 0 Å². The van der Waals surface area contributed by atoms with Gasteiger partial charge in [0.2, 0.25) is 0 Å². The van der Waals surface area contributed by atoms with Crippen LogP contribution in [0, 0.1) is 17.3 Å². The largest absolute Gasteiger partial charge is 0.396 e. The van der Waals surface area contributed by atoms with Gasteiger partial charge in [0.15, 0.2) is 0 Å². The molecule has 1 rings (SSSR count). The second kappa shape index (κ2) is 10.4. The van der Waals surface area contributed by atoms with E-state index in [9.17, 15) is 5.11 Å². The molecule has 22 heavy (non-hydrogen) atoms. The van der Waals surface area contributed by atoms with E-state index in [1.165, 1.54) is 51.4 Å². The van der Waals surface area contributed by atoms with Crippen molar-refractivity contribution in [1.29, 1.82) is 0 Å². The normalized spacial score (nSPS) is 28.3. The van der Waals surface area contributed by atoms with Crippen molar-refractivity contribution in [3.05, 3.63) is 12.2 Å². The third-order valence-electron chi connectivity index (χ3n) is 5.25. The molecule has 0 amide bonds. The summed E-state index contributed by atoms with van der Waals surface area (Å²) < 4.78 is 6.01. The smallest absolute Gasteiger partial charge is 0.0681 e. The topological polar surface area (TPSA) is 29.5 Å². The molecule has 2 heteroatoms. The lowest BCUT2D eigenvalue weighted by molar-refractivity contribution is -0.107. The fourth-order valence-electron chi connectivity index (χ4n) is 3.83. The molecule has 2 nitrogen and oxygen atoms in total. The van der Waals surface area contributed by atoms with Crippen LogP contribution in [0.5, 0.6) is 0 Å². The van der Waals surface area contributed by atoms with E-state index < -0.39 is 0 Å². The molecule has 0 aromatic rings. The minimum absolute atomic E-state index is 0.175. The van der Waals surface area contributed by atoms with Gasteiger partial charge in [-0.25, -0.2) is 0 Å². The van der Waals surface area contributed by atoms with Crippen molar-refractivity contribution < 1.29 is 9.84 Å². The van der Waals surface area contributed by atoms with E-state index in [0.29, 0.717) is 5.92 Å². The van der Waals surface area contributed by atoms with Crippen LogP contribution in [0.2, 0.25) is 0 Å². The zero-order chi connectivity index (χ0) is 16.4. The average molecular weight is 311 g/mol. The molecule has 0 aromatic carbocycles. The third kappa shape index (κ3) is 6.04. The molecule has 1 fully saturated rings. The fraction of sp³-hybridized carbons (Fsp3) is 0.900. The lowest BCUT2D eigenvalue weighted by Gasteiger charge is -2.46. The van der Waals surface area contributed by atoms with Crippen molar-refractivity contribution in [2.75, 3.05) is 13.2 Å². The van der Waals surface area contributed by atoms with Gasteiger partial charge in [-0.2, -0.15) is 0 Å². The van der Waals surface area contributed by atoms with E-state index in [1.54, 1.807) is 0 Å². The first-order chi connectivity index (χ1) is 10.6. The number of unbranched alkanes of at least 4 members (excludes halogenated alkanes) is 5. The van der Waals surface area contributed by atoms with Gasteiger partial charge in [-0.05, 0) is 43.9 Å². The number of hydrogen-bond acceptors (Lipinski definition) is 2. The quantitative estimate of drug-likeness (QED) is 0.435. The Morgan fingerprint density at radius 2 is 1.86 bits per heavy atom. The highest BCUT2D eigenvalue weighted by atomic mass is 16.5. The standard InChI is InChI=1S/C20H38O2/c1-5-7-8-9-10-11-12-13-17-14-15-20(3,4)19(22-6-2)18(17)16-21/h12-13,17-19,21H,5-11,14-16H2,1-4H3/b13-12+/t17-,18+,19-/m1/s1. The molecular formula is C20H38O2. The molecule has 3 atom stereocenters. The van der Waals surface area contributed by atoms with Crippen LogP contribution in [-0.4, -0.2) is 24.4 Å². The zero-order valence-corrected chi connectivity index (χ0v) is 15.3. The molecule has 0 unspecified atom stereocenters. The fourth-order valence-corrected chi connectivity index (χ4v) is 3.83. The first-order valence-electron chi connectivity index (χ1n) is 9.46. The molecule has 1 N–H and O–H groups in total. The molecule has 0 heterocycles. The lowest BCUT2D eigenvalue weighted by atomic mass is 9.65. The van der Waals surface area contributed by atoms with Gasteiger partial charge < -0.3 is 9.84 Å². The summed E-state index contributed by atoms with van der Waals surface area (Å²) in [5.74, 6) is 0.727. The van der Waals surface area contributed by atoms with Crippen LogP contribution in [0.4, 0.5) is 0 Å². The Balaban J connectivity index is 2.48. The summed E-state index contributed by atoms with van der Waals surface area (Å²) in [7, 11) is 0. The van der Waals surface area contributed by atoms with Gasteiger partial charge in [-0.3, -0.25) is 0 Å². The molecule has 0 aromatic heterocycles. The number of allylic oxidation sites excluding steroid dienone is 2. The first-order valence-corrected chi connectivity index (χ1v) is 9.46. The summed E-state index contributed by atoms with van der Waals surface area (Å²) in [6.45, 7) is 9.85. The summed E-state index contributed by atoms with van der Waals surface area (Å²) >= 11 is 0. The molecule has 0 saturated heterocycles. The van der Waals surface area contributed by atoms with Crippen LogP contribution < -0.4 is 0 Å². The van der Waals surface area contributed by atoms with Crippen LogP contribution in [0.1, 0.15) is 79.1 Å². The molecule has 0 aliphatic heterocycles. The Morgan fingerprint density at radius 3 is 2.50 bits per heavy atom. The monoisotopic (exact) mass is 310 g/mol. The third-order valence-corrected chi connectivity index (χ3v) is 5.25. The summed E-state index contributed by atoms with van der Waals surface area (Å²) in [6, 6.07) is 0. The van der Waals surface area contributed by atoms with Crippen molar-refractivity contribution in [2.24, 2.45) is 17.3 Å². The van der Waals surface area contributed by atoms with Crippen LogP contribution in [0.3, 0.4) is 0 Å². The Kier molecular flexibility index (Phi) is 9.35. The number of hydrogen-bond donors (Lipinski definition) is 1. The Bertz CT molecular complexity index is 309. The summed E-state index contributed by atoms with van der Waals surface area (Å²) in [5, 5.41) is 9.88. The van der Waals surface area contributed by atoms with Crippen LogP contribution in [-0.2, 0) is 4.74 Å². The second-order valence-electron chi connectivity index (χ2n) is 7.54. The summed E-state index contributed by atoms with van der Waals surface area (Å²) in [5.41, 5.74) is 0.175. The molecule has 0 bridgehead atoms. The predicted molar refractivity (Wildman–Crippen MR) is 95.0 cm³/mol. The van der Waals surface area contributed by atoms with Gasteiger partial charge >= 0.3 is 0 Å². The van der Waals surface area contributed by atoms with Crippen molar-refractivity contribution in [2.45, 2.75) is 85.2 Å². The molecule has 130 valence electrons. The second-order valence-corrected chi connectivity index (χ2v) is 7.54. The van der Waals surface area contributed by atoms with Gasteiger partial charge in [0.05, 0.1) is 6.10 Å². The van der Waals surface area contributed by atoms with E-state index in [0.717, 1.165) is 6.61 Å². The summed E-state index contributed by atoms with van der Waals surface area (Å²) in [6.07, 6.45) is 15.1. The average Bonchev–Trinajstić information content (AvgIpc) is 2.49. The van der Waals surface area contributed by atoms with Crippen molar-refractivity contribution in [3.63, 3.8) is 0 Å². The van der Waals surface area contributed by atoms with Crippen molar-refractivity contribution in [3.8, 4) is 0 Å². The van der Waals surface area contributed by atoms with E-state index in [2.05, 4.69) is 39.8 Å². The van der Waals surface area contributed by atoms with Crippen molar-refractivity contribution in [1.82, 2.24) is 0 Å². The highest BCUT2D eigenvalue weighted by Crippen LogP contribution is 2.44. The van der Waals surface area contributed by atoms with Crippen LogP contribution in [0.15, 0.2) is 12.2 Å². The number of aliphatic hydroxyl groups excluding tert-OH is 1. The van der Waals surface area contributed by atoms with Gasteiger partial charge in [-0.15, -0.1) is 0 Å². The lowest BCUT2D eigenvalue weighted by Crippen LogP contribution is -2.47. The number of ether oxygens (including phenoxy) is 1. The minimum Gasteiger partial charge on any atom is -0.396 e. The Labute approximate surface area is 138 Å². The van der Waals surface area contributed by atoms with E-state index in [-0.39, 0.29) is 24.0 Å². The van der Waals surface area contributed by atoms with Crippen molar-refractivity contribution >= 4 is 0 Å². The molecule has 0 spiro atoms. The highest BCUT2D eigenvalue weighted by molar-refractivity contribution is 5.01. The maximum atomic E-state index is 9.88. The van der Waals surface area contributed by atoms with Crippen LogP contribution >= 0.6 is 0 Å². The van der Waals surface area contributed by atoms with Gasteiger partial charge in [0, 0.05) is 19.1 Å². The first kappa shape index (κ1) is 19.7. The van der Waals surface area contributed by atoms with Gasteiger partial charge in [-0.1, -0.05) is 58.6 Å². The van der Waals surface area contributed by atoms with Gasteiger partial charge in [0.1, 0.15) is 0 Å². The molecule has 0 radical (unpaired) electrons. The molecular weight excluding hydrogens is 272 g/mol. The maximum Gasteiger partial charge on any atom is 0.0681 e. The van der Waals surface area contributed by atoms with Crippen LogP contribution in [0.25, 0.3) is 0 Å². The van der Waals surface area contributed by atoms with E-state index >= 15 is 0 Å². The zero-order valence-electron chi connectivity index (χ0n) is 15.3. The molecule has 1 saturated carbocycles. The van der Waals surface area contributed by atoms with E-state index in [1.807, 2.05) is 0 Å². The maximum absolute atomic E-state index is 9.88. The number of aliphatic hydroxyl groups is 1. The molecule has 1 aliphatic rings. The summed E-state index contributed by atoms with van der Waals surface area (Å²) in [4.78, 5) is 0. The number of rotatable bonds is 10. The Morgan fingerprint density at radius 1 is 1.14 bits per heavy atom. The van der Waals surface area contributed by atoms with E-state index in [4.69, 9.17) is 4.74 Å². The minimum atomic E-state index is 0.175. The molecule has 1 aliphatic carbocycles. The predicted octanol–water partition coefficient (Wildman–Crippen LogP) is 5.35. The SMILES string of the molecule is CCCCCCC/C=C/[C@@H]1CCC(C)(C)[C@H](OCC)[C@H]1CO. The highest BCUT2D eigenvalue weighted by Gasteiger charge is 2.43.